The first kappa shape index (κ1) is 15.0. The molecule has 1 heterocycles. The minimum absolute atomic E-state index is 0.0156. The third-order valence-electron chi connectivity index (χ3n) is 4.43. The van der Waals surface area contributed by atoms with Crippen molar-refractivity contribution in [3.63, 3.8) is 0 Å². The number of carbonyl (C=O) groups is 1. The van der Waals surface area contributed by atoms with E-state index in [1.54, 1.807) is 32.7 Å². The number of rotatable bonds is 4. The van der Waals surface area contributed by atoms with E-state index in [2.05, 4.69) is 18.8 Å². The number of aromatic nitrogens is 1. The first-order chi connectivity index (χ1) is 9.42. The van der Waals surface area contributed by atoms with Crippen LogP contribution < -0.4 is 4.74 Å². The first-order valence-electron chi connectivity index (χ1n) is 7.01. The Morgan fingerprint density at radius 3 is 2.35 bits per heavy atom. The predicted molar refractivity (Wildman–Crippen MR) is 77.1 cm³/mol. The number of carbonyl (C=O) groups excluding carboxylic acids is 1. The third kappa shape index (κ3) is 2.85. The molecular weight excluding hydrogens is 254 g/mol. The van der Waals surface area contributed by atoms with Crippen LogP contribution in [-0.4, -0.2) is 30.6 Å². The molecule has 20 heavy (non-hydrogen) atoms. The average molecular weight is 277 g/mol. The van der Waals surface area contributed by atoms with Crippen molar-refractivity contribution in [3.8, 4) is 5.75 Å². The van der Waals surface area contributed by atoms with Gasteiger partial charge in [0.15, 0.2) is 5.78 Å². The summed E-state index contributed by atoms with van der Waals surface area (Å²) in [6.45, 7) is 4.48. The number of nitrogens with zero attached hydrogens (tertiary/aromatic N) is 1. The molecule has 4 heteroatoms. The highest BCUT2D eigenvalue weighted by molar-refractivity contribution is 6.02. The molecule has 110 valence electrons. The molecule has 1 saturated carbocycles. The number of ether oxygens (including phenoxy) is 2. The van der Waals surface area contributed by atoms with Crippen LogP contribution >= 0.6 is 0 Å². The summed E-state index contributed by atoms with van der Waals surface area (Å²) in [5.74, 6) is 0.611. The van der Waals surface area contributed by atoms with Crippen molar-refractivity contribution in [3.05, 3.63) is 24.0 Å². The maximum Gasteiger partial charge on any atom is 0.196 e. The van der Waals surface area contributed by atoms with Crippen molar-refractivity contribution >= 4 is 5.78 Å². The lowest BCUT2D eigenvalue weighted by Gasteiger charge is -2.41. The lowest BCUT2D eigenvalue weighted by molar-refractivity contribution is -0.0383. The monoisotopic (exact) mass is 277 g/mol. The summed E-state index contributed by atoms with van der Waals surface area (Å²) in [4.78, 5) is 16.9. The van der Waals surface area contributed by atoms with Crippen LogP contribution in [0.3, 0.4) is 0 Å². The van der Waals surface area contributed by atoms with Gasteiger partial charge in [-0.3, -0.25) is 9.78 Å². The maximum absolute atomic E-state index is 12.8. The molecule has 1 aromatic heterocycles. The molecule has 0 saturated heterocycles. The van der Waals surface area contributed by atoms with E-state index in [4.69, 9.17) is 9.47 Å². The fourth-order valence-electron chi connectivity index (χ4n) is 2.77. The van der Waals surface area contributed by atoms with Crippen LogP contribution in [0.4, 0.5) is 0 Å². The molecule has 0 radical (unpaired) electrons. The summed E-state index contributed by atoms with van der Waals surface area (Å²) >= 11 is 0. The van der Waals surface area contributed by atoms with Gasteiger partial charge in [-0.25, -0.2) is 0 Å². The molecule has 1 aliphatic carbocycles. The number of Topliss-reactive ketones (excluding diaryl/α,β-unsaturated/α-hetero) is 1. The van der Waals surface area contributed by atoms with Crippen LogP contribution in [0.5, 0.6) is 5.75 Å². The van der Waals surface area contributed by atoms with Crippen molar-refractivity contribution in [1.29, 1.82) is 0 Å². The molecule has 0 unspecified atom stereocenters. The van der Waals surface area contributed by atoms with Crippen LogP contribution in [0.1, 0.15) is 49.9 Å². The quantitative estimate of drug-likeness (QED) is 0.793. The Hall–Kier alpha value is -1.42. The molecule has 0 aliphatic heterocycles. The number of hydrogen-bond donors (Lipinski definition) is 0. The van der Waals surface area contributed by atoms with Crippen LogP contribution in [0, 0.1) is 5.41 Å². The van der Waals surface area contributed by atoms with E-state index in [1.165, 1.54) is 0 Å². The van der Waals surface area contributed by atoms with Gasteiger partial charge in [0.2, 0.25) is 0 Å². The second kappa shape index (κ2) is 5.52. The van der Waals surface area contributed by atoms with Gasteiger partial charge < -0.3 is 9.47 Å². The van der Waals surface area contributed by atoms with E-state index in [9.17, 15) is 4.79 Å². The smallest absolute Gasteiger partial charge is 0.196 e. The SMILES string of the molecule is COc1cncc(C(=O)C2(OC)CCC(C)(C)CC2)c1. The van der Waals surface area contributed by atoms with Crippen molar-refractivity contribution < 1.29 is 14.3 Å². The molecule has 2 rings (SSSR count). The zero-order valence-electron chi connectivity index (χ0n) is 12.7. The van der Waals surface area contributed by atoms with Gasteiger partial charge >= 0.3 is 0 Å². The molecule has 4 nitrogen and oxygen atoms in total. The van der Waals surface area contributed by atoms with Crippen LogP contribution in [0.2, 0.25) is 0 Å². The summed E-state index contributed by atoms with van der Waals surface area (Å²) in [6, 6.07) is 1.73. The predicted octanol–water partition coefficient (Wildman–Crippen LogP) is 3.26. The maximum atomic E-state index is 12.8. The Labute approximate surface area is 120 Å². The van der Waals surface area contributed by atoms with Crippen LogP contribution in [0.15, 0.2) is 18.5 Å². The summed E-state index contributed by atoms with van der Waals surface area (Å²) in [6.07, 6.45) is 6.68. The second-order valence-electron chi connectivity index (χ2n) is 6.31. The van der Waals surface area contributed by atoms with Gasteiger partial charge in [-0.15, -0.1) is 0 Å². The number of ketones is 1. The van der Waals surface area contributed by atoms with Gasteiger partial charge in [0.25, 0.3) is 0 Å². The summed E-state index contributed by atoms with van der Waals surface area (Å²) in [5.41, 5.74) is 0.143. The zero-order chi connectivity index (χ0) is 14.8. The summed E-state index contributed by atoms with van der Waals surface area (Å²) in [7, 11) is 3.20. The van der Waals surface area contributed by atoms with E-state index in [0.717, 1.165) is 25.7 Å². The standard InChI is InChI=1S/C16H23NO3/c1-15(2)5-7-16(20-4,8-6-15)14(18)12-9-13(19-3)11-17-10-12/h9-11H,5-8H2,1-4H3. The third-order valence-corrected chi connectivity index (χ3v) is 4.43. The molecule has 1 fully saturated rings. The molecule has 0 N–H and O–H groups in total. The molecule has 0 spiro atoms. The lowest BCUT2D eigenvalue weighted by atomic mass is 9.69. The Bertz CT molecular complexity index is 486. The van der Waals surface area contributed by atoms with E-state index in [0.29, 0.717) is 11.3 Å². The highest BCUT2D eigenvalue weighted by Gasteiger charge is 2.44. The van der Waals surface area contributed by atoms with E-state index >= 15 is 0 Å². The molecule has 0 bridgehead atoms. The summed E-state index contributed by atoms with van der Waals surface area (Å²) < 4.78 is 10.8. The van der Waals surface area contributed by atoms with Gasteiger partial charge in [0.05, 0.1) is 13.3 Å². The van der Waals surface area contributed by atoms with E-state index in [-0.39, 0.29) is 11.2 Å². The number of pyridine rings is 1. The van der Waals surface area contributed by atoms with Crippen molar-refractivity contribution in [2.24, 2.45) is 5.41 Å². The van der Waals surface area contributed by atoms with Gasteiger partial charge in [-0.2, -0.15) is 0 Å². The lowest BCUT2D eigenvalue weighted by Crippen LogP contribution is -2.45. The van der Waals surface area contributed by atoms with Gasteiger partial charge in [0, 0.05) is 18.9 Å². The molecular formula is C16H23NO3. The Morgan fingerprint density at radius 1 is 1.15 bits per heavy atom. The van der Waals surface area contributed by atoms with Gasteiger partial charge in [-0.1, -0.05) is 13.8 Å². The summed E-state index contributed by atoms with van der Waals surface area (Å²) in [5, 5.41) is 0. The van der Waals surface area contributed by atoms with E-state index in [1.807, 2.05) is 0 Å². The zero-order valence-corrected chi connectivity index (χ0v) is 12.7. The van der Waals surface area contributed by atoms with Crippen molar-refractivity contribution in [2.75, 3.05) is 14.2 Å². The van der Waals surface area contributed by atoms with Crippen LogP contribution in [0.25, 0.3) is 0 Å². The molecule has 1 aliphatic rings. The molecule has 1 aromatic rings. The van der Waals surface area contributed by atoms with Crippen molar-refractivity contribution in [1.82, 2.24) is 4.98 Å². The van der Waals surface area contributed by atoms with E-state index < -0.39 is 5.60 Å². The average Bonchev–Trinajstić information content (AvgIpc) is 2.47. The Kier molecular flexibility index (Phi) is 4.14. The molecule has 0 amide bonds. The topological polar surface area (TPSA) is 48.4 Å². The largest absolute Gasteiger partial charge is 0.495 e. The minimum atomic E-state index is -0.705. The number of hydrogen-bond acceptors (Lipinski definition) is 4. The Morgan fingerprint density at radius 2 is 1.80 bits per heavy atom. The fourth-order valence-corrected chi connectivity index (χ4v) is 2.77. The minimum Gasteiger partial charge on any atom is -0.495 e. The normalized spacial score (nSPS) is 20.4. The molecule has 0 atom stereocenters. The highest BCUT2D eigenvalue weighted by Crippen LogP contribution is 2.43. The van der Waals surface area contributed by atoms with Gasteiger partial charge in [0.1, 0.15) is 11.4 Å². The fraction of sp³-hybridized carbons (Fsp3) is 0.625. The second-order valence-corrected chi connectivity index (χ2v) is 6.31. The first-order valence-corrected chi connectivity index (χ1v) is 7.01. The van der Waals surface area contributed by atoms with Crippen molar-refractivity contribution in [2.45, 2.75) is 45.1 Å². The van der Waals surface area contributed by atoms with Crippen LogP contribution in [-0.2, 0) is 4.74 Å². The van der Waals surface area contributed by atoms with Gasteiger partial charge in [-0.05, 0) is 37.2 Å². The highest BCUT2D eigenvalue weighted by atomic mass is 16.5. The molecule has 0 aromatic carbocycles. The number of methoxy groups -OCH3 is 2. The Balaban J connectivity index is 2.25.